The van der Waals surface area contributed by atoms with Crippen LogP contribution in [0.4, 0.5) is 4.39 Å². The maximum absolute atomic E-state index is 12.9. The topological polar surface area (TPSA) is 50.9 Å². The van der Waals surface area contributed by atoms with E-state index in [9.17, 15) is 9.50 Å². The van der Waals surface area contributed by atoms with E-state index in [2.05, 4.69) is 24.2 Å². The SMILES string of the molecule is CC(C)Cn1nnc(CO)c1Cc1ccc(F)cc1. The van der Waals surface area contributed by atoms with Crippen LogP contribution in [0, 0.1) is 11.7 Å². The monoisotopic (exact) mass is 263 g/mol. The molecule has 0 aliphatic heterocycles. The normalized spacial score (nSPS) is 11.2. The summed E-state index contributed by atoms with van der Waals surface area (Å²) >= 11 is 0. The zero-order chi connectivity index (χ0) is 13.8. The number of aromatic nitrogens is 3. The summed E-state index contributed by atoms with van der Waals surface area (Å²) in [7, 11) is 0. The molecule has 1 N–H and O–H groups in total. The second-order valence-electron chi connectivity index (χ2n) is 5.02. The van der Waals surface area contributed by atoms with Crippen LogP contribution in [0.15, 0.2) is 24.3 Å². The van der Waals surface area contributed by atoms with Crippen molar-refractivity contribution < 1.29 is 9.50 Å². The Balaban J connectivity index is 2.26. The van der Waals surface area contributed by atoms with Crippen molar-refractivity contribution in [1.82, 2.24) is 15.0 Å². The minimum absolute atomic E-state index is 0.130. The minimum atomic E-state index is -0.250. The van der Waals surface area contributed by atoms with Gasteiger partial charge in [0.2, 0.25) is 0 Å². The van der Waals surface area contributed by atoms with Gasteiger partial charge >= 0.3 is 0 Å². The summed E-state index contributed by atoms with van der Waals surface area (Å²) in [4.78, 5) is 0. The fourth-order valence-corrected chi connectivity index (χ4v) is 1.97. The van der Waals surface area contributed by atoms with E-state index < -0.39 is 0 Å². The van der Waals surface area contributed by atoms with E-state index in [1.54, 1.807) is 12.1 Å². The number of hydrogen-bond donors (Lipinski definition) is 1. The molecule has 0 unspecified atom stereocenters. The van der Waals surface area contributed by atoms with Crippen molar-refractivity contribution in [3.63, 3.8) is 0 Å². The third-order valence-electron chi connectivity index (χ3n) is 2.89. The largest absolute Gasteiger partial charge is 0.390 e. The van der Waals surface area contributed by atoms with Crippen LogP contribution in [0.3, 0.4) is 0 Å². The van der Waals surface area contributed by atoms with Gasteiger partial charge in [0, 0.05) is 13.0 Å². The number of nitrogens with zero attached hydrogens (tertiary/aromatic N) is 3. The van der Waals surface area contributed by atoms with Gasteiger partial charge in [-0.1, -0.05) is 31.2 Å². The average Bonchev–Trinajstić information content (AvgIpc) is 2.74. The number of rotatable bonds is 5. The first-order chi connectivity index (χ1) is 9.10. The summed E-state index contributed by atoms with van der Waals surface area (Å²) in [5.74, 6) is 0.195. The van der Waals surface area contributed by atoms with Crippen molar-refractivity contribution in [3.8, 4) is 0 Å². The summed E-state index contributed by atoms with van der Waals surface area (Å²) in [5, 5.41) is 17.4. The van der Waals surface area contributed by atoms with Gasteiger partial charge in [0.05, 0.1) is 12.3 Å². The lowest BCUT2D eigenvalue weighted by Crippen LogP contribution is -2.11. The molecule has 0 bridgehead atoms. The minimum Gasteiger partial charge on any atom is -0.390 e. The van der Waals surface area contributed by atoms with Gasteiger partial charge in [-0.15, -0.1) is 5.10 Å². The third-order valence-corrected chi connectivity index (χ3v) is 2.89. The van der Waals surface area contributed by atoms with Crippen molar-refractivity contribution in [1.29, 1.82) is 0 Å². The maximum atomic E-state index is 12.9. The van der Waals surface area contributed by atoms with Gasteiger partial charge in [-0.3, -0.25) is 0 Å². The molecule has 1 aromatic heterocycles. The van der Waals surface area contributed by atoms with E-state index in [0.717, 1.165) is 17.8 Å². The number of aliphatic hydroxyl groups is 1. The molecule has 1 aromatic carbocycles. The molecule has 0 saturated heterocycles. The van der Waals surface area contributed by atoms with Crippen LogP contribution in [-0.2, 0) is 19.6 Å². The Labute approximate surface area is 111 Å². The van der Waals surface area contributed by atoms with E-state index >= 15 is 0 Å². The quantitative estimate of drug-likeness (QED) is 0.899. The number of benzene rings is 1. The predicted molar refractivity (Wildman–Crippen MR) is 70.0 cm³/mol. The molecular weight excluding hydrogens is 245 g/mol. The molecule has 1 heterocycles. The summed E-state index contributed by atoms with van der Waals surface area (Å²) in [6.45, 7) is 4.82. The number of hydrogen-bond acceptors (Lipinski definition) is 3. The first kappa shape index (κ1) is 13.7. The van der Waals surface area contributed by atoms with E-state index in [1.807, 2.05) is 4.68 Å². The Morgan fingerprint density at radius 1 is 1.26 bits per heavy atom. The summed E-state index contributed by atoms with van der Waals surface area (Å²) < 4.78 is 14.7. The fraction of sp³-hybridized carbons (Fsp3) is 0.429. The molecule has 102 valence electrons. The van der Waals surface area contributed by atoms with E-state index in [4.69, 9.17) is 0 Å². The first-order valence-electron chi connectivity index (χ1n) is 6.36. The third kappa shape index (κ3) is 3.38. The van der Waals surface area contributed by atoms with Crippen molar-refractivity contribution >= 4 is 0 Å². The highest BCUT2D eigenvalue weighted by Crippen LogP contribution is 2.14. The first-order valence-corrected chi connectivity index (χ1v) is 6.36. The van der Waals surface area contributed by atoms with Crippen LogP contribution in [0.1, 0.15) is 30.8 Å². The van der Waals surface area contributed by atoms with Gasteiger partial charge in [-0.2, -0.15) is 0 Å². The van der Waals surface area contributed by atoms with Gasteiger partial charge in [-0.25, -0.2) is 9.07 Å². The standard InChI is InChI=1S/C14H18FN3O/c1-10(2)8-18-14(13(9-19)16-17-18)7-11-3-5-12(15)6-4-11/h3-6,10,19H,7-9H2,1-2H3. The van der Waals surface area contributed by atoms with Gasteiger partial charge in [0.1, 0.15) is 11.5 Å². The Kier molecular flexibility index (Phi) is 4.27. The van der Waals surface area contributed by atoms with Crippen LogP contribution in [0.2, 0.25) is 0 Å². The molecule has 5 heteroatoms. The molecule has 0 radical (unpaired) electrons. The second kappa shape index (κ2) is 5.93. The second-order valence-corrected chi connectivity index (χ2v) is 5.02. The fourth-order valence-electron chi connectivity index (χ4n) is 1.97. The summed E-state index contributed by atoms with van der Waals surface area (Å²) in [6, 6.07) is 6.35. The van der Waals surface area contributed by atoms with Crippen molar-refractivity contribution in [2.75, 3.05) is 0 Å². The summed E-state index contributed by atoms with van der Waals surface area (Å²) in [6.07, 6.45) is 0.593. The Morgan fingerprint density at radius 3 is 2.53 bits per heavy atom. The van der Waals surface area contributed by atoms with E-state index in [1.165, 1.54) is 12.1 Å². The number of aliphatic hydroxyl groups excluding tert-OH is 1. The van der Waals surface area contributed by atoms with E-state index in [-0.39, 0.29) is 12.4 Å². The van der Waals surface area contributed by atoms with Gasteiger partial charge in [-0.05, 0) is 23.6 Å². The molecule has 0 amide bonds. The lowest BCUT2D eigenvalue weighted by molar-refractivity contribution is 0.275. The molecule has 0 aliphatic rings. The molecular formula is C14H18FN3O. The molecule has 19 heavy (non-hydrogen) atoms. The highest BCUT2D eigenvalue weighted by atomic mass is 19.1. The molecule has 0 atom stereocenters. The van der Waals surface area contributed by atoms with E-state index in [0.29, 0.717) is 18.0 Å². The molecule has 0 aliphatic carbocycles. The molecule has 2 rings (SSSR count). The number of halogens is 1. The maximum Gasteiger partial charge on any atom is 0.123 e. The Bertz CT molecular complexity index is 534. The van der Waals surface area contributed by atoms with Crippen molar-refractivity contribution in [2.24, 2.45) is 5.92 Å². The van der Waals surface area contributed by atoms with Gasteiger partial charge in [0.25, 0.3) is 0 Å². The Hall–Kier alpha value is -1.75. The Morgan fingerprint density at radius 2 is 1.95 bits per heavy atom. The van der Waals surface area contributed by atoms with Crippen molar-refractivity contribution in [2.45, 2.75) is 33.4 Å². The zero-order valence-electron chi connectivity index (χ0n) is 11.2. The predicted octanol–water partition coefficient (Wildman–Crippen LogP) is 2.16. The van der Waals surface area contributed by atoms with Crippen molar-refractivity contribution in [3.05, 3.63) is 47.0 Å². The molecule has 2 aromatic rings. The lowest BCUT2D eigenvalue weighted by atomic mass is 10.1. The van der Waals surface area contributed by atoms with Gasteiger partial charge in [0.15, 0.2) is 0 Å². The van der Waals surface area contributed by atoms with Crippen LogP contribution in [0.5, 0.6) is 0 Å². The molecule has 0 saturated carbocycles. The van der Waals surface area contributed by atoms with Crippen LogP contribution < -0.4 is 0 Å². The molecule has 0 spiro atoms. The average molecular weight is 263 g/mol. The van der Waals surface area contributed by atoms with Gasteiger partial charge < -0.3 is 5.11 Å². The zero-order valence-corrected chi connectivity index (χ0v) is 11.2. The van der Waals surface area contributed by atoms with Crippen LogP contribution in [-0.4, -0.2) is 20.1 Å². The molecule has 0 fully saturated rings. The highest BCUT2D eigenvalue weighted by Gasteiger charge is 2.13. The lowest BCUT2D eigenvalue weighted by Gasteiger charge is -2.10. The molecule has 4 nitrogen and oxygen atoms in total. The van der Waals surface area contributed by atoms with Crippen LogP contribution in [0.25, 0.3) is 0 Å². The van der Waals surface area contributed by atoms with Crippen LogP contribution >= 0.6 is 0 Å². The smallest absolute Gasteiger partial charge is 0.123 e. The highest BCUT2D eigenvalue weighted by molar-refractivity contribution is 5.24. The summed E-state index contributed by atoms with van der Waals surface area (Å²) in [5.41, 5.74) is 2.45.